The van der Waals surface area contributed by atoms with Crippen molar-refractivity contribution in [2.45, 2.75) is 18.9 Å². The zero-order valence-electron chi connectivity index (χ0n) is 14.2. The number of carbonyl (C=O) groups excluding carboxylic acids is 1. The largest absolute Gasteiger partial charge is 0.484 e. The first-order valence-electron chi connectivity index (χ1n) is 8.67. The van der Waals surface area contributed by atoms with E-state index in [1.165, 1.54) is 0 Å². The number of nitrogens with zero attached hydrogens (tertiary/aromatic N) is 3. The van der Waals surface area contributed by atoms with Crippen LogP contribution < -0.4 is 4.74 Å². The molecule has 0 N–H and O–H groups in total. The van der Waals surface area contributed by atoms with Crippen molar-refractivity contribution in [1.82, 2.24) is 15.0 Å². The highest BCUT2D eigenvalue weighted by Gasteiger charge is 2.34. The van der Waals surface area contributed by atoms with E-state index < -0.39 is 0 Å². The van der Waals surface area contributed by atoms with Gasteiger partial charge in [0.1, 0.15) is 11.8 Å². The van der Waals surface area contributed by atoms with Crippen molar-refractivity contribution < 1.29 is 14.1 Å². The maximum atomic E-state index is 12.6. The SMILES string of the molecule is O=C(COc1ccccc1)N1CCCC1c1nc(-c2ccccc2)no1. The van der Waals surface area contributed by atoms with Gasteiger partial charge in [0.15, 0.2) is 6.61 Å². The molecule has 1 saturated heterocycles. The van der Waals surface area contributed by atoms with Crippen LogP contribution in [0, 0.1) is 0 Å². The summed E-state index contributed by atoms with van der Waals surface area (Å²) in [6.07, 6.45) is 1.72. The molecule has 1 atom stereocenters. The number of rotatable bonds is 5. The fourth-order valence-corrected chi connectivity index (χ4v) is 3.14. The van der Waals surface area contributed by atoms with Crippen LogP contribution in [-0.4, -0.2) is 34.1 Å². The first-order chi connectivity index (χ1) is 12.8. The molecule has 1 aromatic heterocycles. The van der Waals surface area contributed by atoms with Gasteiger partial charge in [0.25, 0.3) is 5.91 Å². The molecular formula is C20H19N3O3. The Morgan fingerprint density at radius 2 is 1.85 bits per heavy atom. The molecular weight excluding hydrogens is 330 g/mol. The lowest BCUT2D eigenvalue weighted by molar-refractivity contribution is -0.134. The van der Waals surface area contributed by atoms with E-state index in [1.54, 1.807) is 4.90 Å². The highest BCUT2D eigenvalue weighted by Crippen LogP contribution is 2.32. The summed E-state index contributed by atoms with van der Waals surface area (Å²) in [5.74, 6) is 1.63. The topological polar surface area (TPSA) is 68.5 Å². The first-order valence-corrected chi connectivity index (χ1v) is 8.67. The fraction of sp³-hybridized carbons (Fsp3) is 0.250. The lowest BCUT2D eigenvalue weighted by Gasteiger charge is -2.21. The number of hydrogen-bond donors (Lipinski definition) is 0. The third kappa shape index (κ3) is 3.44. The Hall–Kier alpha value is -3.15. The molecule has 1 aliphatic rings. The smallest absolute Gasteiger partial charge is 0.261 e. The summed E-state index contributed by atoms with van der Waals surface area (Å²) >= 11 is 0. The Morgan fingerprint density at radius 1 is 1.12 bits per heavy atom. The molecule has 1 unspecified atom stereocenters. The molecule has 2 heterocycles. The zero-order chi connectivity index (χ0) is 17.8. The van der Waals surface area contributed by atoms with Crippen molar-refractivity contribution in [3.63, 3.8) is 0 Å². The van der Waals surface area contributed by atoms with Gasteiger partial charge in [-0.25, -0.2) is 0 Å². The summed E-state index contributed by atoms with van der Waals surface area (Å²) in [5, 5.41) is 4.06. The van der Waals surface area contributed by atoms with Crippen LogP contribution in [0.1, 0.15) is 24.8 Å². The molecule has 0 aliphatic carbocycles. The van der Waals surface area contributed by atoms with E-state index in [4.69, 9.17) is 9.26 Å². The van der Waals surface area contributed by atoms with Crippen molar-refractivity contribution in [2.24, 2.45) is 0 Å². The lowest BCUT2D eigenvalue weighted by Crippen LogP contribution is -2.34. The number of aromatic nitrogens is 2. The second-order valence-corrected chi connectivity index (χ2v) is 6.17. The predicted octanol–water partition coefficient (Wildman–Crippen LogP) is 3.48. The molecule has 132 valence electrons. The number of para-hydroxylation sites is 1. The summed E-state index contributed by atoms with van der Waals surface area (Å²) in [7, 11) is 0. The van der Waals surface area contributed by atoms with Crippen LogP contribution in [0.25, 0.3) is 11.4 Å². The van der Waals surface area contributed by atoms with Gasteiger partial charge < -0.3 is 14.2 Å². The summed E-state index contributed by atoms with van der Waals surface area (Å²) in [4.78, 5) is 18.9. The van der Waals surface area contributed by atoms with Crippen LogP contribution in [0.3, 0.4) is 0 Å². The zero-order valence-corrected chi connectivity index (χ0v) is 14.2. The third-order valence-corrected chi connectivity index (χ3v) is 4.44. The van der Waals surface area contributed by atoms with Crippen LogP contribution in [0.4, 0.5) is 0 Å². The molecule has 4 rings (SSSR count). The van der Waals surface area contributed by atoms with Gasteiger partial charge in [0.2, 0.25) is 11.7 Å². The number of hydrogen-bond acceptors (Lipinski definition) is 5. The summed E-state index contributed by atoms with van der Waals surface area (Å²) in [6, 6.07) is 18.8. The van der Waals surface area contributed by atoms with E-state index in [0.717, 1.165) is 18.4 Å². The van der Waals surface area contributed by atoms with Crippen LogP contribution in [0.5, 0.6) is 5.75 Å². The van der Waals surface area contributed by atoms with Crippen molar-refractivity contribution in [1.29, 1.82) is 0 Å². The van der Waals surface area contributed by atoms with Crippen LogP contribution in [0.15, 0.2) is 65.2 Å². The highest BCUT2D eigenvalue weighted by atomic mass is 16.5. The minimum atomic E-state index is -0.188. The summed E-state index contributed by atoms with van der Waals surface area (Å²) in [6.45, 7) is 0.672. The monoisotopic (exact) mass is 349 g/mol. The molecule has 6 nitrogen and oxygen atoms in total. The van der Waals surface area contributed by atoms with Gasteiger partial charge >= 0.3 is 0 Å². The summed E-state index contributed by atoms with van der Waals surface area (Å²) < 4.78 is 11.0. The molecule has 0 bridgehead atoms. The Bertz CT molecular complexity index is 864. The van der Waals surface area contributed by atoms with Gasteiger partial charge in [-0.1, -0.05) is 53.7 Å². The molecule has 0 saturated carbocycles. The van der Waals surface area contributed by atoms with Gasteiger partial charge in [-0.3, -0.25) is 4.79 Å². The molecule has 1 fully saturated rings. The number of likely N-dealkylation sites (tertiary alicyclic amines) is 1. The van der Waals surface area contributed by atoms with E-state index >= 15 is 0 Å². The Balaban J connectivity index is 1.45. The maximum Gasteiger partial charge on any atom is 0.261 e. The lowest BCUT2D eigenvalue weighted by atomic mass is 10.2. The molecule has 26 heavy (non-hydrogen) atoms. The minimum absolute atomic E-state index is 0.000191. The van der Waals surface area contributed by atoms with E-state index in [2.05, 4.69) is 10.1 Å². The molecule has 3 aromatic rings. The fourth-order valence-electron chi connectivity index (χ4n) is 3.14. The van der Waals surface area contributed by atoms with E-state index in [0.29, 0.717) is 24.0 Å². The number of carbonyl (C=O) groups is 1. The van der Waals surface area contributed by atoms with Gasteiger partial charge in [0, 0.05) is 12.1 Å². The maximum absolute atomic E-state index is 12.6. The van der Waals surface area contributed by atoms with Crippen LogP contribution in [-0.2, 0) is 4.79 Å². The average Bonchev–Trinajstić information content (AvgIpc) is 3.37. The Labute approximate surface area is 151 Å². The van der Waals surface area contributed by atoms with Gasteiger partial charge in [-0.05, 0) is 25.0 Å². The first kappa shape index (κ1) is 16.3. The molecule has 0 spiro atoms. The quantitative estimate of drug-likeness (QED) is 0.705. The number of amides is 1. The normalized spacial score (nSPS) is 16.6. The van der Waals surface area contributed by atoms with E-state index in [-0.39, 0.29) is 18.6 Å². The molecule has 6 heteroatoms. The van der Waals surface area contributed by atoms with Crippen molar-refractivity contribution in [2.75, 3.05) is 13.2 Å². The second-order valence-electron chi connectivity index (χ2n) is 6.17. The number of ether oxygens (including phenoxy) is 1. The third-order valence-electron chi connectivity index (χ3n) is 4.44. The Morgan fingerprint density at radius 3 is 2.62 bits per heavy atom. The van der Waals surface area contributed by atoms with Crippen molar-refractivity contribution in [3.8, 4) is 17.1 Å². The van der Waals surface area contributed by atoms with E-state index in [1.807, 2.05) is 60.7 Å². The average molecular weight is 349 g/mol. The molecule has 1 aliphatic heterocycles. The molecule has 2 aromatic carbocycles. The summed E-state index contributed by atoms with van der Waals surface area (Å²) in [5.41, 5.74) is 0.894. The molecule has 0 radical (unpaired) electrons. The van der Waals surface area contributed by atoms with Gasteiger partial charge in [0.05, 0.1) is 0 Å². The predicted molar refractivity (Wildman–Crippen MR) is 95.4 cm³/mol. The number of benzene rings is 2. The standard InChI is InChI=1S/C20H19N3O3/c24-18(14-25-16-10-5-2-6-11-16)23-13-7-12-17(23)20-21-19(22-26-20)15-8-3-1-4-9-15/h1-6,8-11,17H,7,12-14H2. The molecule has 1 amide bonds. The van der Waals surface area contributed by atoms with Gasteiger partial charge in [-0.2, -0.15) is 4.98 Å². The van der Waals surface area contributed by atoms with Crippen LogP contribution in [0.2, 0.25) is 0 Å². The highest BCUT2D eigenvalue weighted by molar-refractivity contribution is 5.78. The van der Waals surface area contributed by atoms with E-state index in [9.17, 15) is 4.79 Å². The van der Waals surface area contributed by atoms with Crippen molar-refractivity contribution in [3.05, 3.63) is 66.6 Å². The van der Waals surface area contributed by atoms with Crippen molar-refractivity contribution >= 4 is 5.91 Å². The Kier molecular flexibility index (Phi) is 4.64. The second kappa shape index (κ2) is 7.39. The minimum Gasteiger partial charge on any atom is -0.484 e. The van der Waals surface area contributed by atoms with Gasteiger partial charge in [-0.15, -0.1) is 0 Å². The van der Waals surface area contributed by atoms with Crippen LogP contribution >= 0.6 is 0 Å².